The first-order valence-electron chi connectivity index (χ1n) is 7.23. The zero-order chi connectivity index (χ0) is 17.6. The van der Waals surface area contributed by atoms with Crippen molar-refractivity contribution >= 4 is 45.6 Å². The van der Waals surface area contributed by atoms with Crippen LogP contribution in [0.5, 0.6) is 0 Å². The Labute approximate surface area is 153 Å². The van der Waals surface area contributed by atoms with Crippen molar-refractivity contribution in [2.24, 2.45) is 0 Å². The molecule has 0 unspecified atom stereocenters. The van der Waals surface area contributed by atoms with Crippen LogP contribution < -0.4 is 5.32 Å². The molecule has 122 valence electrons. The van der Waals surface area contributed by atoms with E-state index >= 15 is 0 Å². The molecule has 0 atom stereocenters. The van der Waals surface area contributed by atoms with Gasteiger partial charge in [0.2, 0.25) is 5.01 Å². The molecule has 1 N–H and O–H groups in total. The fourth-order valence-electron chi connectivity index (χ4n) is 1.98. The highest BCUT2D eigenvalue weighted by atomic mass is 35.5. The Morgan fingerprint density at radius 2 is 1.76 bits per heavy atom. The Balaban J connectivity index is 1.74. The molecule has 0 spiro atoms. The van der Waals surface area contributed by atoms with E-state index in [1.165, 1.54) is 0 Å². The molecule has 0 fully saturated rings. The van der Waals surface area contributed by atoms with E-state index in [4.69, 9.17) is 16.9 Å². The second kappa shape index (κ2) is 7.71. The number of rotatable bonds is 4. The third kappa shape index (κ3) is 4.29. The fraction of sp³-hybridized carbons (Fsp3) is 0. The lowest BCUT2D eigenvalue weighted by atomic mass is 10.1. The Morgan fingerprint density at radius 3 is 2.44 bits per heavy atom. The second-order valence-electron chi connectivity index (χ2n) is 4.96. The molecule has 0 saturated carbocycles. The van der Waals surface area contributed by atoms with Gasteiger partial charge in [-0.2, -0.15) is 5.26 Å². The summed E-state index contributed by atoms with van der Waals surface area (Å²) in [5, 5.41) is 20.5. The molecule has 0 aliphatic heterocycles. The largest absolute Gasteiger partial charge is 0.320 e. The van der Waals surface area contributed by atoms with E-state index in [0.717, 1.165) is 16.9 Å². The predicted molar refractivity (Wildman–Crippen MR) is 99.2 cm³/mol. The van der Waals surface area contributed by atoms with Crippen LogP contribution >= 0.6 is 22.9 Å². The van der Waals surface area contributed by atoms with Gasteiger partial charge in [0.05, 0.1) is 16.7 Å². The number of benzene rings is 2. The van der Waals surface area contributed by atoms with Crippen LogP contribution in [-0.4, -0.2) is 16.1 Å². The van der Waals surface area contributed by atoms with E-state index in [1.807, 2.05) is 18.2 Å². The topological polar surface area (TPSA) is 78.7 Å². The highest BCUT2D eigenvalue weighted by Gasteiger charge is 2.14. The average molecular weight is 367 g/mol. The van der Waals surface area contributed by atoms with Crippen LogP contribution in [-0.2, 0) is 0 Å². The molecule has 1 amide bonds. The van der Waals surface area contributed by atoms with Crippen LogP contribution in [0.15, 0.2) is 54.6 Å². The lowest BCUT2D eigenvalue weighted by Crippen LogP contribution is -2.11. The van der Waals surface area contributed by atoms with E-state index in [0.29, 0.717) is 21.3 Å². The molecule has 2 aromatic carbocycles. The molecule has 7 heteroatoms. The molecule has 1 heterocycles. The van der Waals surface area contributed by atoms with Crippen molar-refractivity contribution < 1.29 is 4.79 Å². The van der Waals surface area contributed by atoms with Gasteiger partial charge in [-0.15, -0.1) is 10.2 Å². The third-order valence-electron chi connectivity index (χ3n) is 3.19. The summed E-state index contributed by atoms with van der Waals surface area (Å²) >= 11 is 7.37. The molecule has 3 aromatic rings. The Hall–Kier alpha value is -3.01. The molecule has 25 heavy (non-hydrogen) atoms. The maximum Gasteiger partial charge on any atom is 0.286 e. The number of halogens is 1. The number of aromatic nitrogens is 2. The summed E-state index contributed by atoms with van der Waals surface area (Å²) in [5.74, 6) is -0.335. The molecular formula is C18H11ClN4OS. The second-order valence-corrected chi connectivity index (χ2v) is 6.34. The minimum atomic E-state index is -0.335. The van der Waals surface area contributed by atoms with Crippen molar-refractivity contribution in [2.75, 3.05) is 5.32 Å². The number of amides is 1. The maximum atomic E-state index is 12.2. The number of anilines is 1. The molecular weight excluding hydrogens is 356 g/mol. The predicted octanol–water partition coefficient (Wildman–Crippen LogP) is 4.40. The highest BCUT2D eigenvalue weighted by Crippen LogP contribution is 2.25. The van der Waals surface area contributed by atoms with Crippen molar-refractivity contribution in [2.45, 2.75) is 0 Å². The van der Waals surface area contributed by atoms with Gasteiger partial charge in [-0.25, -0.2) is 0 Å². The van der Waals surface area contributed by atoms with E-state index in [-0.39, 0.29) is 10.9 Å². The first-order chi connectivity index (χ1) is 12.2. The zero-order valence-corrected chi connectivity index (χ0v) is 14.4. The van der Waals surface area contributed by atoms with E-state index in [9.17, 15) is 4.79 Å². The monoisotopic (exact) mass is 366 g/mol. The van der Waals surface area contributed by atoms with Gasteiger partial charge in [0.1, 0.15) is 0 Å². The molecule has 3 rings (SSSR count). The Kier molecular flexibility index (Phi) is 5.19. The number of nitrogens with zero attached hydrogens (tertiary/aromatic N) is 3. The first-order valence-corrected chi connectivity index (χ1v) is 8.43. The fourth-order valence-corrected chi connectivity index (χ4v) is 2.91. The molecule has 1 aromatic heterocycles. The zero-order valence-electron chi connectivity index (χ0n) is 12.8. The summed E-state index contributed by atoms with van der Waals surface area (Å²) in [7, 11) is 0. The van der Waals surface area contributed by atoms with Gasteiger partial charge < -0.3 is 5.32 Å². The summed E-state index contributed by atoms with van der Waals surface area (Å²) in [4.78, 5) is 12.2. The quantitative estimate of drug-likeness (QED) is 0.742. The minimum Gasteiger partial charge on any atom is -0.320 e. The van der Waals surface area contributed by atoms with E-state index in [1.54, 1.807) is 42.5 Å². The first kappa shape index (κ1) is 16.8. The number of carbonyl (C=O) groups excluding carboxylic acids is 1. The van der Waals surface area contributed by atoms with Crippen molar-refractivity contribution in [3.63, 3.8) is 0 Å². The molecule has 0 saturated heterocycles. The summed E-state index contributed by atoms with van der Waals surface area (Å²) < 4.78 is 0. The average Bonchev–Trinajstić information content (AvgIpc) is 3.14. The lowest BCUT2D eigenvalue weighted by molar-refractivity contribution is 0.102. The van der Waals surface area contributed by atoms with Crippen LogP contribution in [0.2, 0.25) is 0 Å². The summed E-state index contributed by atoms with van der Waals surface area (Å²) in [6.45, 7) is 0. The van der Waals surface area contributed by atoms with E-state index < -0.39 is 0 Å². The van der Waals surface area contributed by atoms with E-state index in [2.05, 4.69) is 21.6 Å². The Morgan fingerprint density at radius 1 is 1.08 bits per heavy atom. The van der Waals surface area contributed by atoms with Gasteiger partial charge in [-0.3, -0.25) is 4.79 Å². The summed E-state index contributed by atoms with van der Waals surface area (Å²) in [5.41, 5.74) is 2.09. The van der Waals surface area contributed by atoms with Crippen LogP contribution in [0.3, 0.4) is 0 Å². The number of para-hydroxylation sites is 1. The van der Waals surface area contributed by atoms with Gasteiger partial charge in [0.25, 0.3) is 5.91 Å². The van der Waals surface area contributed by atoms with Gasteiger partial charge in [0, 0.05) is 5.69 Å². The Bertz CT molecular complexity index is 959. The molecule has 0 bridgehead atoms. The summed E-state index contributed by atoms with van der Waals surface area (Å²) in [6.07, 6.45) is 1.71. The van der Waals surface area contributed by atoms with Gasteiger partial charge in [-0.05, 0) is 35.9 Å². The third-order valence-corrected chi connectivity index (χ3v) is 4.54. The molecule has 0 radical (unpaired) electrons. The smallest absolute Gasteiger partial charge is 0.286 e. The molecule has 5 nitrogen and oxygen atoms in total. The minimum absolute atomic E-state index is 0.227. The van der Waals surface area contributed by atoms with Crippen LogP contribution in [0, 0.1) is 11.3 Å². The van der Waals surface area contributed by atoms with Gasteiger partial charge >= 0.3 is 0 Å². The van der Waals surface area contributed by atoms with Gasteiger partial charge in [-0.1, -0.05) is 53.3 Å². The van der Waals surface area contributed by atoms with Crippen molar-refractivity contribution in [1.29, 1.82) is 5.26 Å². The van der Waals surface area contributed by atoms with Crippen LogP contribution in [0.4, 0.5) is 5.69 Å². The normalized spacial score (nSPS) is 11.0. The number of nitrogens with one attached hydrogen (secondary N) is 1. The lowest BCUT2D eigenvalue weighted by Gasteiger charge is -2.00. The molecule has 0 aliphatic rings. The van der Waals surface area contributed by atoms with Crippen molar-refractivity contribution in [3.05, 3.63) is 75.7 Å². The number of hydrogen-bond donors (Lipinski definition) is 1. The van der Waals surface area contributed by atoms with Crippen molar-refractivity contribution in [1.82, 2.24) is 10.2 Å². The number of nitriles is 1. The van der Waals surface area contributed by atoms with Crippen molar-refractivity contribution in [3.8, 4) is 6.07 Å². The number of hydrogen-bond acceptors (Lipinski definition) is 5. The summed E-state index contributed by atoms with van der Waals surface area (Å²) in [6, 6.07) is 18.1. The van der Waals surface area contributed by atoms with Crippen LogP contribution in [0.25, 0.3) is 11.1 Å². The molecule has 0 aliphatic carbocycles. The maximum absolute atomic E-state index is 12.2. The SMILES string of the molecule is N#Cc1ccc(/C=C(\Cl)c2nnc(C(=O)Nc3ccccc3)s2)cc1. The number of carbonyl (C=O) groups is 1. The highest BCUT2D eigenvalue weighted by molar-refractivity contribution is 7.15. The van der Waals surface area contributed by atoms with Crippen LogP contribution in [0.1, 0.15) is 25.9 Å². The van der Waals surface area contributed by atoms with Gasteiger partial charge in [0.15, 0.2) is 5.01 Å². The standard InChI is InChI=1S/C18H11ClN4OS/c19-15(10-12-6-8-13(11-20)9-7-12)17-22-23-18(25-17)16(24)21-14-4-2-1-3-5-14/h1-10H,(H,21,24)/b15-10-.